The van der Waals surface area contributed by atoms with Gasteiger partial charge in [-0.1, -0.05) is 27.7 Å². The lowest BCUT2D eigenvalue weighted by Gasteiger charge is -2.30. The highest BCUT2D eigenvalue weighted by molar-refractivity contribution is 4.80. The molecule has 0 aliphatic rings. The molecule has 78 valence electrons. The molecule has 3 nitrogen and oxygen atoms in total. The first kappa shape index (κ1) is 12.4. The van der Waals surface area contributed by atoms with Crippen molar-refractivity contribution in [1.82, 2.24) is 0 Å². The van der Waals surface area contributed by atoms with Gasteiger partial charge >= 0.3 is 0 Å². The lowest BCUT2D eigenvalue weighted by atomic mass is 9.76. The van der Waals surface area contributed by atoms with Gasteiger partial charge in [0.2, 0.25) is 5.54 Å². The van der Waals surface area contributed by atoms with E-state index >= 15 is 0 Å². The average Bonchev–Trinajstić information content (AvgIpc) is 2.01. The maximum atomic E-state index is 10.8. The molecule has 0 heterocycles. The van der Waals surface area contributed by atoms with Crippen molar-refractivity contribution in [2.24, 2.45) is 17.8 Å². The largest absolute Gasteiger partial charge is 0.264 e. The molecule has 1 unspecified atom stereocenters. The molecule has 0 aliphatic carbocycles. The third-order valence-electron chi connectivity index (χ3n) is 3.43. The highest BCUT2D eigenvalue weighted by Crippen LogP contribution is 2.31. The van der Waals surface area contributed by atoms with E-state index in [2.05, 4.69) is 20.8 Å². The lowest BCUT2D eigenvalue weighted by Crippen LogP contribution is -2.42. The number of hydrogen-bond acceptors (Lipinski definition) is 2. The minimum Gasteiger partial charge on any atom is -0.264 e. The summed E-state index contributed by atoms with van der Waals surface area (Å²) < 4.78 is 0. The van der Waals surface area contributed by atoms with Crippen molar-refractivity contribution >= 4 is 0 Å². The zero-order valence-electron chi connectivity index (χ0n) is 9.50. The molecule has 0 aliphatic heterocycles. The smallest absolute Gasteiger partial charge is 0.219 e. The molecule has 0 radical (unpaired) electrons. The predicted octanol–water partition coefficient (Wildman–Crippen LogP) is 2.97. The molecule has 2 atom stereocenters. The van der Waals surface area contributed by atoms with Crippen LogP contribution < -0.4 is 0 Å². The molecule has 3 heteroatoms. The number of rotatable bonds is 4. The third-order valence-corrected chi connectivity index (χ3v) is 3.43. The third kappa shape index (κ3) is 2.68. The van der Waals surface area contributed by atoms with E-state index in [9.17, 15) is 10.1 Å². The minimum absolute atomic E-state index is 0.0995. The van der Waals surface area contributed by atoms with Gasteiger partial charge in [0, 0.05) is 24.7 Å². The SMILES string of the molecule is CC(C)C(C)[C@@H](C)C(C)(C)[N+](=O)[O-]. The molecule has 13 heavy (non-hydrogen) atoms. The molecule has 0 saturated heterocycles. The van der Waals surface area contributed by atoms with Crippen LogP contribution in [0.25, 0.3) is 0 Å². The Balaban J connectivity index is 4.58. The van der Waals surface area contributed by atoms with Gasteiger partial charge in [-0.3, -0.25) is 10.1 Å². The van der Waals surface area contributed by atoms with E-state index in [0.717, 1.165) is 0 Å². The maximum Gasteiger partial charge on any atom is 0.219 e. The summed E-state index contributed by atoms with van der Waals surface area (Å²) in [5.74, 6) is 0.970. The van der Waals surface area contributed by atoms with Crippen LogP contribution in [0.1, 0.15) is 41.5 Å². The van der Waals surface area contributed by atoms with Crippen LogP contribution in [0.4, 0.5) is 0 Å². The highest BCUT2D eigenvalue weighted by atomic mass is 16.6. The highest BCUT2D eigenvalue weighted by Gasteiger charge is 2.41. The first-order chi connectivity index (χ1) is 5.71. The fourth-order valence-electron chi connectivity index (χ4n) is 1.39. The van der Waals surface area contributed by atoms with Crippen LogP contribution in [-0.2, 0) is 0 Å². The Labute approximate surface area is 80.7 Å². The minimum atomic E-state index is -0.816. The quantitative estimate of drug-likeness (QED) is 0.501. The molecular weight excluding hydrogens is 166 g/mol. The van der Waals surface area contributed by atoms with Gasteiger partial charge in [-0.05, 0) is 11.8 Å². The fourth-order valence-corrected chi connectivity index (χ4v) is 1.39. The second-order valence-corrected chi connectivity index (χ2v) is 4.80. The Kier molecular flexibility index (Phi) is 3.88. The van der Waals surface area contributed by atoms with Crippen molar-refractivity contribution in [2.45, 2.75) is 47.1 Å². The van der Waals surface area contributed by atoms with Crippen molar-refractivity contribution in [3.05, 3.63) is 10.1 Å². The zero-order chi connectivity index (χ0) is 10.8. The normalized spacial score (nSPS) is 17.2. The Hall–Kier alpha value is -0.600. The summed E-state index contributed by atoms with van der Waals surface area (Å²) in [6.07, 6.45) is 0. The molecule has 0 bridgehead atoms. The van der Waals surface area contributed by atoms with E-state index in [0.29, 0.717) is 11.8 Å². The van der Waals surface area contributed by atoms with E-state index < -0.39 is 5.54 Å². The summed E-state index contributed by atoms with van der Waals surface area (Å²) in [6.45, 7) is 11.7. The maximum absolute atomic E-state index is 10.8. The first-order valence-corrected chi connectivity index (χ1v) is 4.85. The number of hydrogen-bond donors (Lipinski definition) is 0. The van der Waals surface area contributed by atoms with Gasteiger partial charge in [-0.15, -0.1) is 0 Å². The van der Waals surface area contributed by atoms with Gasteiger partial charge < -0.3 is 0 Å². The second-order valence-electron chi connectivity index (χ2n) is 4.80. The zero-order valence-corrected chi connectivity index (χ0v) is 9.50. The molecule has 0 fully saturated rings. The molecule has 0 saturated carbocycles. The number of nitrogens with zero attached hydrogens (tertiary/aromatic N) is 1. The molecule has 0 rings (SSSR count). The summed E-state index contributed by atoms with van der Waals surface area (Å²) in [5.41, 5.74) is -0.816. The van der Waals surface area contributed by atoms with E-state index in [1.165, 1.54) is 0 Å². The predicted molar refractivity (Wildman–Crippen MR) is 54.2 cm³/mol. The molecule has 0 N–H and O–H groups in total. The van der Waals surface area contributed by atoms with Crippen LogP contribution in [0, 0.1) is 27.9 Å². The Bertz CT molecular complexity index is 187. The van der Waals surface area contributed by atoms with Crippen LogP contribution in [0.2, 0.25) is 0 Å². The Morgan fingerprint density at radius 2 is 1.54 bits per heavy atom. The molecule has 0 aromatic heterocycles. The second kappa shape index (κ2) is 4.07. The molecule has 0 aromatic rings. The summed E-state index contributed by atoms with van der Waals surface area (Å²) in [7, 11) is 0. The van der Waals surface area contributed by atoms with Crippen molar-refractivity contribution in [2.75, 3.05) is 0 Å². The standard InChI is InChI=1S/C10H21NO2/c1-7(2)8(3)9(4)10(5,6)11(12)13/h7-9H,1-6H3/t8?,9-/m1/s1. The van der Waals surface area contributed by atoms with Crippen molar-refractivity contribution < 1.29 is 4.92 Å². The van der Waals surface area contributed by atoms with E-state index in [1.54, 1.807) is 13.8 Å². The van der Waals surface area contributed by atoms with Gasteiger partial charge in [0.05, 0.1) is 0 Å². The monoisotopic (exact) mass is 187 g/mol. The van der Waals surface area contributed by atoms with Gasteiger partial charge in [-0.25, -0.2) is 0 Å². The van der Waals surface area contributed by atoms with Crippen LogP contribution in [0.15, 0.2) is 0 Å². The fraction of sp³-hybridized carbons (Fsp3) is 1.00. The summed E-state index contributed by atoms with van der Waals surface area (Å²) >= 11 is 0. The molecule has 0 aromatic carbocycles. The topological polar surface area (TPSA) is 43.1 Å². The van der Waals surface area contributed by atoms with Crippen molar-refractivity contribution in [3.8, 4) is 0 Å². The first-order valence-electron chi connectivity index (χ1n) is 4.85. The lowest BCUT2D eigenvalue weighted by molar-refractivity contribution is -0.572. The summed E-state index contributed by atoms with van der Waals surface area (Å²) in [4.78, 5) is 10.6. The van der Waals surface area contributed by atoms with Crippen LogP contribution in [0.3, 0.4) is 0 Å². The van der Waals surface area contributed by atoms with Gasteiger partial charge in [0.1, 0.15) is 0 Å². The van der Waals surface area contributed by atoms with Crippen molar-refractivity contribution in [3.63, 3.8) is 0 Å². The van der Waals surface area contributed by atoms with Crippen LogP contribution >= 0.6 is 0 Å². The van der Waals surface area contributed by atoms with E-state index in [1.807, 2.05) is 6.92 Å². The summed E-state index contributed by atoms with van der Waals surface area (Å²) in [5, 5.41) is 10.8. The summed E-state index contributed by atoms with van der Waals surface area (Å²) in [6, 6.07) is 0. The average molecular weight is 187 g/mol. The Morgan fingerprint density at radius 1 is 1.15 bits per heavy atom. The van der Waals surface area contributed by atoms with Gasteiger partial charge in [0.25, 0.3) is 0 Å². The van der Waals surface area contributed by atoms with Crippen LogP contribution in [0.5, 0.6) is 0 Å². The van der Waals surface area contributed by atoms with Gasteiger partial charge in [-0.2, -0.15) is 0 Å². The molecular formula is C10H21NO2. The van der Waals surface area contributed by atoms with E-state index in [4.69, 9.17) is 0 Å². The van der Waals surface area contributed by atoms with Crippen LogP contribution in [-0.4, -0.2) is 10.5 Å². The van der Waals surface area contributed by atoms with E-state index in [-0.39, 0.29) is 10.8 Å². The van der Waals surface area contributed by atoms with Gasteiger partial charge in [0.15, 0.2) is 0 Å². The molecule has 0 spiro atoms. The number of nitro groups is 1. The molecule has 0 amide bonds. The van der Waals surface area contributed by atoms with Crippen molar-refractivity contribution in [1.29, 1.82) is 0 Å². The Morgan fingerprint density at radius 3 is 1.77 bits per heavy atom.